The number of hydrogen-bond donors (Lipinski definition) is 3. The van der Waals surface area contributed by atoms with E-state index in [1.165, 1.54) is 30.6 Å². The lowest BCUT2D eigenvalue weighted by atomic mass is 10.0. The number of guanidine groups is 1. The fraction of sp³-hybridized carbons (Fsp3) is 0.529. The van der Waals surface area contributed by atoms with Crippen LogP contribution in [0.15, 0.2) is 18.2 Å². The Morgan fingerprint density at radius 2 is 1.91 bits per heavy atom. The van der Waals surface area contributed by atoms with Crippen LogP contribution < -0.4 is 16.0 Å². The molecule has 0 atom stereocenters. The molecule has 5 nitrogen and oxygen atoms in total. The van der Waals surface area contributed by atoms with Crippen molar-refractivity contribution in [2.24, 2.45) is 11.7 Å². The van der Waals surface area contributed by atoms with Gasteiger partial charge in [0.05, 0.1) is 5.69 Å². The second kappa shape index (κ2) is 7.29. The number of nitrogens with one attached hydrogen (secondary N) is 2. The third kappa shape index (κ3) is 3.78. The minimum Gasteiger partial charge on any atom is -0.369 e. The maximum absolute atomic E-state index is 12.5. The van der Waals surface area contributed by atoms with E-state index in [1.54, 1.807) is 0 Å². The summed E-state index contributed by atoms with van der Waals surface area (Å²) >= 11 is 0. The lowest BCUT2D eigenvalue weighted by molar-refractivity contribution is 0.248. The number of urea groups is 1. The molecule has 22 heavy (non-hydrogen) atoms. The summed E-state index contributed by atoms with van der Waals surface area (Å²) < 4.78 is 0. The summed E-state index contributed by atoms with van der Waals surface area (Å²) in [4.78, 5) is 13.7. The topological polar surface area (TPSA) is 82.2 Å². The third-order valence-electron chi connectivity index (χ3n) is 4.41. The molecule has 2 rings (SSSR count). The average Bonchev–Trinajstić information content (AvgIpc) is 2.95. The van der Waals surface area contributed by atoms with Crippen molar-refractivity contribution in [3.05, 3.63) is 29.3 Å². The molecule has 0 bridgehead atoms. The van der Waals surface area contributed by atoms with Gasteiger partial charge in [-0.1, -0.05) is 43.9 Å². The summed E-state index contributed by atoms with van der Waals surface area (Å²) in [7, 11) is 0. The Balaban J connectivity index is 2.04. The second-order valence-electron chi connectivity index (χ2n) is 6.13. The molecule has 4 N–H and O–H groups in total. The van der Waals surface area contributed by atoms with Crippen molar-refractivity contribution in [2.45, 2.75) is 46.0 Å². The van der Waals surface area contributed by atoms with E-state index in [1.807, 2.05) is 32.0 Å². The Morgan fingerprint density at radius 3 is 2.45 bits per heavy atom. The first kappa shape index (κ1) is 16.3. The predicted molar refractivity (Wildman–Crippen MR) is 90.3 cm³/mol. The fourth-order valence-corrected chi connectivity index (χ4v) is 3.25. The number of nitrogens with two attached hydrogens (primary N) is 1. The number of aryl methyl sites for hydroxylation is 2. The molecule has 0 radical (unpaired) electrons. The predicted octanol–water partition coefficient (Wildman–Crippen LogP) is 3.29. The van der Waals surface area contributed by atoms with E-state index in [0.29, 0.717) is 12.2 Å². The molecule has 0 aromatic heterocycles. The summed E-state index contributed by atoms with van der Waals surface area (Å²) in [5.41, 5.74) is 8.22. The number of para-hydroxylation sites is 1. The van der Waals surface area contributed by atoms with Crippen molar-refractivity contribution >= 4 is 17.7 Å². The quantitative estimate of drug-likeness (QED) is 0.589. The van der Waals surface area contributed by atoms with Crippen LogP contribution in [-0.4, -0.2) is 18.5 Å². The molecule has 1 aromatic carbocycles. The number of carbonyl (C=O) groups excluding carboxylic acids is 1. The largest absolute Gasteiger partial charge is 0.369 e. The number of amides is 2. The maximum Gasteiger partial charge on any atom is 0.328 e. The number of anilines is 1. The highest BCUT2D eigenvalue weighted by atomic mass is 16.2. The van der Waals surface area contributed by atoms with E-state index in [0.717, 1.165) is 23.5 Å². The number of hydrogen-bond acceptors (Lipinski definition) is 2. The Hall–Kier alpha value is -2.04. The third-order valence-corrected chi connectivity index (χ3v) is 4.41. The van der Waals surface area contributed by atoms with Crippen LogP contribution in [0.4, 0.5) is 10.5 Å². The summed E-state index contributed by atoms with van der Waals surface area (Å²) in [5, 5.41) is 10.7. The normalized spacial score (nSPS) is 14.8. The minimum absolute atomic E-state index is 0.254. The molecule has 0 unspecified atom stereocenters. The van der Waals surface area contributed by atoms with Gasteiger partial charge in [-0.05, 0) is 37.3 Å². The van der Waals surface area contributed by atoms with Crippen molar-refractivity contribution in [2.75, 3.05) is 11.4 Å². The first-order chi connectivity index (χ1) is 10.5. The van der Waals surface area contributed by atoms with Crippen molar-refractivity contribution < 1.29 is 4.79 Å². The van der Waals surface area contributed by atoms with Crippen molar-refractivity contribution in [3.8, 4) is 0 Å². The van der Waals surface area contributed by atoms with Gasteiger partial charge in [0, 0.05) is 6.54 Å². The van der Waals surface area contributed by atoms with Gasteiger partial charge in [-0.15, -0.1) is 0 Å². The molecule has 0 aliphatic heterocycles. The van der Waals surface area contributed by atoms with Gasteiger partial charge in [0.25, 0.3) is 0 Å². The Bertz CT molecular complexity index is 529. The van der Waals surface area contributed by atoms with Gasteiger partial charge in [-0.25, -0.2) is 9.69 Å². The van der Waals surface area contributed by atoms with Crippen LogP contribution in [0.5, 0.6) is 0 Å². The molecule has 5 heteroatoms. The number of rotatable bonds is 4. The van der Waals surface area contributed by atoms with Crippen molar-refractivity contribution in [1.82, 2.24) is 5.32 Å². The van der Waals surface area contributed by atoms with Crippen LogP contribution in [0.1, 0.15) is 43.2 Å². The van der Waals surface area contributed by atoms with Crippen LogP contribution in [0.2, 0.25) is 0 Å². The molecule has 1 saturated carbocycles. The molecule has 0 heterocycles. The molecule has 120 valence electrons. The molecule has 1 aromatic rings. The highest BCUT2D eigenvalue weighted by molar-refractivity contribution is 6.14. The molecule has 2 amide bonds. The van der Waals surface area contributed by atoms with E-state index in [4.69, 9.17) is 11.1 Å². The van der Waals surface area contributed by atoms with Gasteiger partial charge < -0.3 is 11.1 Å². The molecular weight excluding hydrogens is 276 g/mol. The molecule has 1 fully saturated rings. The first-order valence-corrected chi connectivity index (χ1v) is 7.99. The lowest BCUT2D eigenvalue weighted by Gasteiger charge is -2.25. The summed E-state index contributed by atoms with van der Waals surface area (Å²) in [6.07, 6.45) is 6.15. The molecule has 0 saturated heterocycles. The SMILES string of the molecule is Cc1cccc(C)c1N(C(=N)N)C(=O)NCCC1CCCC1. The van der Waals surface area contributed by atoms with E-state index < -0.39 is 0 Å². The zero-order valence-corrected chi connectivity index (χ0v) is 13.5. The highest BCUT2D eigenvalue weighted by Crippen LogP contribution is 2.27. The summed E-state index contributed by atoms with van der Waals surface area (Å²) in [5.74, 6) is 0.474. The van der Waals surface area contributed by atoms with Crippen molar-refractivity contribution in [3.63, 3.8) is 0 Å². The van der Waals surface area contributed by atoms with Crippen molar-refractivity contribution in [1.29, 1.82) is 5.41 Å². The number of benzene rings is 1. The highest BCUT2D eigenvalue weighted by Gasteiger charge is 2.22. The van der Waals surface area contributed by atoms with Gasteiger partial charge >= 0.3 is 6.03 Å². The zero-order chi connectivity index (χ0) is 16.1. The second-order valence-corrected chi connectivity index (χ2v) is 6.13. The summed E-state index contributed by atoms with van der Waals surface area (Å²) in [6, 6.07) is 5.46. The first-order valence-electron chi connectivity index (χ1n) is 7.99. The Morgan fingerprint density at radius 1 is 1.32 bits per heavy atom. The Labute approximate surface area is 132 Å². The van der Waals surface area contributed by atoms with Gasteiger partial charge in [-0.3, -0.25) is 5.41 Å². The van der Waals surface area contributed by atoms with Crippen LogP contribution in [-0.2, 0) is 0 Å². The van der Waals surface area contributed by atoms with Gasteiger partial charge in [0.2, 0.25) is 5.96 Å². The molecule has 1 aliphatic rings. The van der Waals surface area contributed by atoms with E-state index in [-0.39, 0.29) is 12.0 Å². The van der Waals surface area contributed by atoms with Crippen LogP contribution in [0.25, 0.3) is 0 Å². The molecule has 0 spiro atoms. The molecular formula is C17H26N4O. The zero-order valence-electron chi connectivity index (χ0n) is 13.5. The van der Waals surface area contributed by atoms with Gasteiger partial charge in [0.1, 0.15) is 0 Å². The fourth-order valence-electron chi connectivity index (χ4n) is 3.25. The summed E-state index contributed by atoms with van der Waals surface area (Å²) in [6.45, 7) is 4.48. The number of carbonyl (C=O) groups is 1. The minimum atomic E-state index is -0.317. The number of nitrogens with zero attached hydrogens (tertiary/aromatic N) is 1. The average molecular weight is 302 g/mol. The van der Waals surface area contributed by atoms with Crippen LogP contribution >= 0.6 is 0 Å². The monoisotopic (exact) mass is 302 g/mol. The Kier molecular flexibility index (Phi) is 5.41. The van der Waals surface area contributed by atoms with E-state index in [2.05, 4.69) is 5.32 Å². The van der Waals surface area contributed by atoms with Gasteiger partial charge in [-0.2, -0.15) is 0 Å². The van der Waals surface area contributed by atoms with E-state index >= 15 is 0 Å². The smallest absolute Gasteiger partial charge is 0.328 e. The maximum atomic E-state index is 12.5. The molecule has 1 aliphatic carbocycles. The van der Waals surface area contributed by atoms with Crippen LogP contribution in [0.3, 0.4) is 0 Å². The lowest BCUT2D eigenvalue weighted by Crippen LogP contribution is -2.48. The standard InChI is InChI=1S/C17H26N4O/c1-12-6-5-7-13(2)15(12)21(16(18)19)17(22)20-11-10-14-8-3-4-9-14/h5-7,14H,3-4,8-11H2,1-2H3,(H3,18,19)(H,20,22). The van der Waals surface area contributed by atoms with E-state index in [9.17, 15) is 4.79 Å². The van der Waals surface area contributed by atoms with Gasteiger partial charge in [0.15, 0.2) is 0 Å². The van der Waals surface area contributed by atoms with Crippen LogP contribution in [0, 0.1) is 25.2 Å².